The predicted molar refractivity (Wildman–Crippen MR) is 108 cm³/mol. The van der Waals surface area contributed by atoms with Crippen LogP contribution in [0.5, 0.6) is 0 Å². The maximum atomic E-state index is 12.4. The summed E-state index contributed by atoms with van der Waals surface area (Å²) in [5, 5.41) is 0. The van der Waals surface area contributed by atoms with Crippen molar-refractivity contribution in [3.8, 4) is 0 Å². The molecule has 0 spiro atoms. The lowest BCUT2D eigenvalue weighted by Crippen LogP contribution is -2.46. The van der Waals surface area contributed by atoms with Gasteiger partial charge in [0.05, 0.1) is 33.5 Å². The number of methoxy groups -OCH3 is 2. The van der Waals surface area contributed by atoms with Gasteiger partial charge in [-0.3, -0.25) is 9.59 Å². The largest absolute Gasteiger partial charge is 0.469 e. The van der Waals surface area contributed by atoms with Crippen LogP contribution in [-0.4, -0.2) is 31.1 Å². The van der Waals surface area contributed by atoms with Gasteiger partial charge in [-0.1, -0.05) is 36.4 Å². The van der Waals surface area contributed by atoms with E-state index < -0.39 is 17.9 Å². The van der Waals surface area contributed by atoms with E-state index in [-0.39, 0.29) is 15.3 Å². The van der Waals surface area contributed by atoms with Gasteiger partial charge in [-0.05, 0) is 12.2 Å². The molecule has 1 atom stereocenters. The van der Waals surface area contributed by atoms with Crippen molar-refractivity contribution in [1.29, 1.82) is 0 Å². The average Bonchev–Trinajstić information content (AvgIpc) is 2.71. The third-order valence-corrected chi connectivity index (χ3v) is 5.33. The molecule has 1 unspecified atom stereocenters. The van der Waals surface area contributed by atoms with Gasteiger partial charge in [-0.2, -0.15) is 3.89 Å². The van der Waals surface area contributed by atoms with Crippen molar-refractivity contribution in [3.05, 3.63) is 60.7 Å². The molecule has 2 rings (SSSR count). The van der Waals surface area contributed by atoms with Crippen LogP contribution < -0.4 is 3.89 Å². The van der Waals surface area contributed by atoms with Gasteiger partial charge < -0.3 is 9.47 Å². The summed E-state index contributed by atoms with van der Waals surface area (Å²) in [6.07, 6.45) is -0.220. The number of hydrogen-bond donors (Lipinski definition) is 1. The summed E-state index contributed by atoms with van der Waals surface area (Å²) < 4.78 is 9.36. The lowest BCUT2D eigenvalue weighted by molar-refractivity contribution is -0.149. The zero-order chi connectivity index (χ0) is 19.2. The number of ether oxygens (including phenoxy) is 2. The molecule has 0 aliphatic carbocycles. The van der Waals surface area contributed by atoms with Crippen LogP contribution in [0.2, 0.25) is 0 Å². The van der Waals surface area contributed by atoms with E-state index in [2.05, 4.69) is 0 Å². The molecule has 0 amide bonds. The van der Waals surface area contributed by atoms with Crippen molar-refractivity contribution in [2.24, 2.45) is 5.92 Å². The third kappa shape index (κ3) is 4.12. The summed E-state index contributed by atoms with van der Waals surface area (Å²) in [5.41, 5.74) is 1.48. The van der Waals surface area contributed by atoms with Crippen molar-refractivity contribution in [1.82, 2.24) is 3.89 Å². The van der Waals surface area contributed by atoms with Crippen molar-refractivity contribution in [3.63, 3.8) is 0 Å². The summed E-state index contributed by atoms with van der Waals surface area (Å²) in [7, 11) is 2.52. The summed E-state index contributed by atoms with van der Waals surface area (Å²) in [6.45, 7) is 0. The van der Waals surface area contributed by atoms with Crippen LogP contribution in [0.15, 0.2) is 60.7 Å². The molecule has 7 heteroatoms. The number of carbonyl (C=O) groups excluding carboxylic acids is 2. The lowest BCUT2D eigenvalue weighted by atomic mass is 10.0. The maximum absolute atomic E-state index is 12.4. The van der Waals surface area contributed by atoms with Crippen LogP contribution in [-0.2, 0) is 19.1 Å². The zero-order valence-electron chi connectivity index (χ0n) is 14.5. The molecule has 2 aromatic rings. The highest BCUT2D eigenvalue weighted by atomic mass is 32.1. The van der Waals surface area contributed by atoms with E-state index in [1.165, 1.54) is 14.2 Å². The number of quaternary nitrogens is 1. The molecule has 0 aliphatic rings. The Kier molecular flexibility index (Phi) is 6.90. The summed E-state index contributed by atoms with van der Waals surface area (Å²) >= 11 is 10.5. The summed E-state index contributed by atoms with van der Waals surface area (Å²) in [6, 6.07) is 18.6. The number of esters is 2. The molecule has 0 bridgehead atoms. The summed E-state index contributed by atoms with van der Waals surface area (Å²) in [5.74, 6) is -2.15. The Morgan fingerprint density at radius 2 is 1.42 bits per heavy atom. The van der Waals surface area contributed by atoms with Gasteiger partial charge in [-0.15, -0.1) is 0 Å². The topological polar surface area (TPSA) is 52.6 Å². The SMILES string of the molecule is COC(=O)CC(C(=O)OC)C(=S)[N+](S)(c1ccccc1)c1ccccc1. The minimum absolute atomic E-state index is 0.215. The van der Waals surface area contributed by atoms with Crippen molar-refractivity contribution in [2.45, 2.75) is 6.42 Å². The molecule has 136 valence electrons. The molecule has 0 saturated carbocycles. The number of hydrogen-bond acceptors (Lipinski definition) is 6. The Balaban J connectivity index is 2.58. The smallest absolute Gasteiger partial charge is 0.320 e. The molecular weight excluding hydrogens is 370 g/mol. The number of carbonyl (C=O) groups is 2. The van der Waals surface area contributed by atoms with Crippen LogP contribution >= 0.6 is 25.0 Å². The van der Waals surface area contributed by atoms with Crippen molar-refractivity contribution >= 4 is 53.3 Å². The van der Waals surface area contributed by atoms with Gasteiger partial charge in [0.1, 0.15) is 0 Å². The Morgan fingerprint density at radius 3 is 1.81 bits per heavy atom. The van der Waals surface area contributed by atoms with Gasteiger partial charge in [0.2, 0.25) is 4.99 Å². The van der Waals surface area contributed by atoms with E-state index in [0.717, 1.165) is 11.4 Å². The maximum Gasteiger partial charge on any atom is 0.320 e. The van der Waals surface area contributed by atoms with Crippen LogP contribution in [0, 0.1) is 5.92 Å². The fraction of sp³-hybridized carbons (Fsp3) is 0.211. The molecule has 0 radical (unpaired) electrons. The number of thiol groups is 1. The second-order valence-electron chi connectivity index (χ2n) is 5.50. The normalized spacial score (nSPS) is 12.1. The lowest BCUT2D eigenvalue weighted by Gasteiger charge is -2.33. The van der Waals surface area contributed by atoms with E-state index >= 15 is 0 Å². The number of benzene rings is 2. The Labute approximate surface area is 163 Å². The molecule has 5 nitrogen and oxygen atoms in total. The van der Waals surface area contributed by atoms with Gasteiger partial charge >= 0.3 is 11.9 Å². The number of para-hydroxylation sites is 2. The Hall–Kier alpha value is -2.22. The molecule has 0 N–H and O–H groups in total. The van der Waals surface area contributed by atoms with E-state index in [1.54, 1.807) is 0 Å². The molecule has 0 saturated heterocycles. The van der Waals surface area contributed by atoms with Gasteiger partial charge in [0, 0.05) is 24.3 Å². The first-order valence-electron chi connectivity index (χ1n) is 7.87. The fourth-order valence-electron chi connectivity index (χ4n) is 2.58. The quantitative estimate of drug-likeness (QED) is 0.351. The first kappa shape index (κ1) is 20.1. The number of thiocarbonyl (C=S) groups is 1. The first-order chi connectivity index (χ1) is 12.4. The second kappa shape index (κ2) is 8.93. The Bertz CT molecular complexity index is 741. The minimum Gasteiger partial charge on any atom is -0.469 e. The highest BCUT2D eigenvalue weighted by Crippen LogP contribution is 2.40. The van der Waals surface area contributed by atoms with Crippen LogP contribution in [0.4, 0.5) is 11.4 Å². The number of rotatable bonds is 6. The van der Waals surface area contributed by atoms with E-state index in [1.807, 2.05) is 60.7 Å². The van der Waals surface area contributed by atoms with Gasteiger partial charge in [0.15, 0.2) is 17.3 Å². The zero-order valence-corrected chi connectivity index (χ0v) is 16.2. The minimum atomic E-state index is -0.986. The molecule has 0 aromatic heterocycles. The van der Waals surface area contributed by atoms with E-state index in [0.29, 0.717) is 0 Å². The second-order valence-corrected chi connectivity index (χ2v) is 6.52. The van der Waals surface area contributed by atoms with Crippen LogP contribution in [0.1, 0.15) is 6.42 Å². The molecule has 26 heavy (non-hydrogen) atoms. The highest BCUT2D eigenvalue weighted by molar-refractivity contribution is 7.86. The first-order valence-corrected chi connectivity index (χ1v) is 8.68. The standard InChI is InChI=1S/C19H20NO4S2/c1-23-17(21)13-16(19(22)24-2)18(25)20(26,14-9-5-3-6-10-14)15-11-7-4-8-12-15/h3-12,16,26H,13H2,1-2H3/q+1. The van der Waals surface area contributed by atoms with E-state index in [9.17, 15) is 9.59 Å². The van der Waals surface area contributed by atoms with Crippen molar-refractivity contribution in [2.75, 3.05) is 14.2 Å². The van der Waals surface area contributed by atoms with Gasteiger partial charge in [0.25, 0.3) is 0 Å². The monoisotopic (exact) mass is 390 g/mol. The molecule has 0 heterocycles. The third-order valence-electron chi connectivity index (χ3n) is 3.96. The molecule has 0 aliphatic heterocycles. The molecular formula is C19H20NO4S2+. The predicted octanol–water partition coefficient (Wildman–Crippen LogP) is 3.85. The highest BCUT2D eigenvalue weighted by Gasteiger charge is 2.44. The van der Waals surface area contributed by atoms with Crippen LogP contribution in [0.25, 0.3) is 0 Å². The Morgan fingerprint density at radius 1 is 0.962 bits per heavy atom. The molecule has 2 aromatic carbocycles. The fourth-order valence-corrected chi connectivity index (χ4v) is 3.38. The average molecular weight is 391 g/mol. The van der Waals surface area contributed by atoms with Crippen LogP contribution in [0.3, 0.4) is 0 Å². The van der Waals surface area contributed by atoms with Crippen molar-refractivity contribution < 1.29 is 19.1 Å². The van der Waals surface area contributed by atoms with E-state index in [4.69, 9.17) is 34.5 Å². The number of nitrogens with zero attached hydrogens (tertiary/aromatic N) is 1. The van der Waals surface area contributed by atoms with Gasteiger partial charge in [-0.25, -0.2) is 0 Å². The molecule has 0 fully saturated rings. The summed E-state index contributed by atoms with van der Waals surface area (Å²) in [4.78, 5) is 24.4.